The molecule has 1 atom stereocenters. The van der Waals surface area contributed by atoms with Crippen molar-refractivity contribution in [2.45, 2.75) is 45.3 Å². The van der Waals surface area contributed by atoms with Gasteiger partial charge in [0, 0.05) is 24.7 Å². The van der Waals surface area contributed by atoms with E-state index in [2.05, 4.69) is 20.6 Å². The van der Waals surface area contributed by atoms with Crippen molar-refractivity contribution in [3.05, 3.63) is 39.9 Å². The molecule has 1 saturated heterocycles. The lowest BCUT2D eigenvalue weighted by atomic mass is 10.0. The Morgan fingerprint density at radius 2 is 2.12 bits per heavy atom. The predicted molar refractivity (Wildman–Crippen MR) is 92.6 cm³/mol. The molecule has 8 heteroatoms. The third-order valence-electron chi connectivity index (χ3n) is 4.34. The van der Waals surface area contributed by atoms with Gasteiger partial charge in [0.2, 0.25) is 5.82 Å². The van der Waals surface area contributed by atoms with Gasteiger partial charge in [-0.3, -0.25) is 10.1 Å². The fraction of sp³-hybridized carbons (Fsp3) is 0.500. The third kappa shape index (κ3) is 3.64. The van der Waals surface area contributed by atoms with Crippen LogP contribution in [0.5, 0.6) is 5.88 Å². The highest BCUT2D eigenvalue weighted by Gasteiger charge is 2.26. The maximum atomic E-state index is 10.7. The Morgan fingerprint density at radius 3 is 2.83 bits per heavy atom. The third-order valence-corrected chi connectivity index (χ3v) is 4.84. The molecule has 128 valence electrons. The van der Waals surface area contributed by atoms with Crippen molar-refractivity contribution < 1.29 is 9.66 Å². The van der Waals surface area contributed by atoms with Crippen LogP contribution in [-0.4, -0.2) is 26.3 Å². The van der Waals surface area contributed by atoms with Crippen LogP contribution in [0.2, 0.25) is 0 Å². The van der Waals surface area contributed by atoms with Gasteiger partial charge in [-0.25, -0.2) is 0 Å². The molecule has 3 rings (SSSR count). The van der Waals surface area contributed by atoms with E-state index in [0.29, 0.717) is 18.5 Å². The van der Waals surface area contributed by atoms with Crippen molar-refractivity contribution in [1.29, 1.82) is 0 Å². The van der Waals surface area contributed by atoms with Crippen LogP contribution in [0.25, 0.3) is 0 Å². The van der Waals surface area contributed by atoms with Crippen LogP contribution in [0, 0.1) is 10.1 Å². The molecule has 1 aromatic heterocycles. The van der Waals surface area contributed by atoms with Gasteiger partial charge in [-0.2, -0.15) is 4.37 Å². The van der Waals surface area contributed by atoms with Crippen molar-refractivity contribution in [3.63, 3.8) is 0 Å². The van der Waals surface area contributed by atoms with Crippen LogP contribution in [-0.2, 0) is 6.61 Å². The number of non-ortho nitro benzene ring substituents is 1. The molecule has 0 bridgehead atoms. The van der Waals surface area contributed by atoms with Crippen LogP contribution in [0.1, 0.15) is 38.2 Å². The van der Waals surface area contributed by atoms with Gasteiger partial charge < -0.3 is 9.64 Å². The number of anilines is 1. The number of rotatable bonds is 6. The normalized spacial score (nSPS) is 17.7. The van der Waals surface area contributed by atoms with Gasteiger partial charge >= 0.3 is 0 Å². The fourth-order valence-corrected chi connectivity index (χ4v) is 3.52. The van der Waals surface area contributed by atoms with E-state index in [-0.39, 0.29) is 5.69 Å². The molecule has 0 amide bonds. The summed E-state index contributed by atoms with van der Waals surface area (Å²) >= 11 is 1.16. The van der Waals surface area contributed by atoms with E-state index in [9.17, 15) is 10.1 Å². The second-order valence-electron chi connectivity index (χ2n) is 5.86. The molecule has 1 aliphatic heterocycles. The molecule has 1 aromatic carbocycles. The highest BCUT2D eigenvalue weighted by Crippen LogP contribution is 2.32. The summed E-state index contributed by atoms with van der Waals surface area (Å²) in [5, 5.41) is 10.7. The molecular weight excluding hydrogens is 328 g/mol. The maximum Gasteiger partial charge on any atom is 0.271 e. The molecule has 0 N–H and O–H groups in total. The van der Waals surface area contributed by atoms with Gasteiger partial charge in [-0.1, -0.05) is 6.92 Å². The van der Waals surface area contributed by atoms with Crippen molar-refractivity contribution in [2.75, 3.05) is 11.4 Å². The number of nitrogens with zero attached hydrogens (tertiary/aromatic N) is 4. The number of ether oxygens (including phenoxy) is 1. The standard InChI is InChI=1S/C16H20N4O3S/c1-2-13-5-3-4-10-19(13)15-16(18-24-17-15)23-11-12-6-8-14(9-7-12)20(21)22/h6-9,13H,2-5,10-11H2,1H3. The highest BCUT2D eigenvalue weighted by atomic mass is 32.1. The zero-order valence-electron chi connectivity index (χ0n) is 13.6. The van der Waals surface area contributed by atoms with E-state index in [0.717, 1.165) is 42.5 Å². The van der Waals surface area contributed by atoms with Gasteiger partial charge in [0.25, 0.3) is 11.6 Å². The second-order valence-corrected chi connectivity index (χ2v) is 6.38. The Bertz CT molecular complexity index is 689. The zero-order chi connectivity index (χ0) is 16.9. The lowest BCUT2D eigenvalue weighted by Gasteiger charge is -2.35. The minimum atomic E-state index is -0.408. The van der Waals surface area contributed by atoms with Crippen molar-refractivity contribution in [1.82, 2.24) is 8.75 Å². The summed E-state index contributed by atoms with van der Waals surface area (Å²) in [5.74, 6) is 1.38. The first-order valence-electron chi connectivity index (χ1n) is 8.14. The Kier molecular flexibility index (Phi) is 5.24. The SMILES string of the molecule is CCC1CCCCN1c1nsnc1OCc1ccc([N+](=O)[O-])cc1. The number of nitro benzene ring substituents is 1. The van der Waals surface area contributed by atoms with Gasteiger partial charge in [0.15, 0.2) is 0 Å². The summed E-state index contributed by atoms with van der Waals surface area (Å²) in [6.45, 7) is 3.50. The minimum absolute atomic E-state index is 0.0777. The Morgan fingerprint density at radius 1 is 1.33 bits per heavy atom. The Balaban J connectivity index is 1.68. The molecule has 1 aliphatic rings. The largest absolute Gasteiger partial charge is 0.470 e. The van der Waals surface area contributed by atoms with E-state index in [1.54, 1.807) is 12.1 Å². The van der Waals surface area contributed by atoms with Gasteiger partial charge in [0.1, 0.15) is 6.61 Å². The average Bonchev–Trinajstić information content (AvgIpc) is 3.08. The maximum absolute atomic E-state index is 10.7. The summed E-state index contributed by atoms with van der Waals surface area (Å²) in [6, 6.07) is 6.86. The molecule has 1 unspecified atom stereocenters. The van der Waals surface area contributed by atoms with Crippen LogP contribution in [0.15, 0.2) is 24.3 Å². The number of hydrogen-bond acceptors (Lipinski definition) is 7. The molecular formula is C16H20N4O3S. The Labute approximate surface area is 144 Å². The average molecular weight is 348 g/mol. The first kappa shape index (κ1) is 16.6. The Hall–Kier alpha value is -2.22. The predicted octanol–water partition coefficient (Wildman–Crippen LogP) is 3.79. The molecule has 2 aromatic rings. The molecule has 24 heavy (non-hydrogen) atoms. The number of hydrogen-bond donors (Lipinski definition) is 0. The van der Waals surface area contributed by atoms with Crippen molar-refractivity contribution in [2.24, 2.45) is 0 Å². The fourth-order valence-electron chi connectivity index (χ4n) is 3.01. The van der Waals surface area contributed by atoms with Crippen molar-refractivity contribution >= 4 is 23.2 Å². The first-order valence-corrected chi connectivity index (χ1v) is 8.87. The summed E-state index contributed by atoms with van der Waals surface area (Å²) in [7, 11) is 0. The number of nitro groups is 1. The van der Waals surface area contributed by atoms with E-state index < -0.39 is 4.92 Å². The van der Waals surface area contributed by atoms with Crippen molar-refractivity contribution in [3.8, 4) is 5.88 Å². The molecule has 0 spiro atoms. The monoisotopic (exact) mass is 348 g/mol. The summed E-state index contributed by atoms with van der Waals surface area (Å²) in [4.78, 5) is 12.6. The minimum Gasteiger partial charge on any atom is -0.470 e. The topological polar surface area (TPSA) is 81.4 Å². The highest BCUT2D eigenvalue weighted by molar-refractivity contribution is 6.99. The molecule has 1 fully saturated rings. The molecule has 0 radical (unpaired) electrons. The van der Waals surface area contributed by atoms with Gasteiger partial charge in [0.05, 0.1) is 16.7 Å². The first-order chi connectivity index (χ1) is 11.7. The van der Waals surface area contributed by atoms with Crippen LogP contribution in [0.4, 0.5) is 11.5 Å². The molecule has 0 saturated carbocycles. The summed E-state index contributed by atoms with van der Waals surface area (Å²) < 4.78 is 14.5. The summed E-state index contributed by atoms with van der Waals surface area (Å²) in [5.41, 5.74) is 0.944. The molecule has 7 nitrogen and oxygen atoms in total. The number of piperidine rings is 1. The smallest absolute Gasteiger partial charge is 0.271 e. The lowest BCUT2D eigenvalue weighted by Crippen LogP contribution is -2.39. The second kappa shape index (κ2) is 7.57. The van der Waals surface area contributed by atoms with E-state index in [1.807, 2.05) is 0 Å². The number of aromatic nitrogens is 2. The number of benzene rings is 1. The van der Waals surface area contributed by atoms with Crippen LogP contribution >= 0.6 is 11.7 Å². The lowest BCUT2D eigenvalue weighted by molar-refractivity contribution is -0.384. The van der Waals surface area contributed by atoms with E-state index in [4.69, 9.17) is 4.74 Å². The molecule has 0 aliphatic carbocycles. The van der Waals surface area contributed by atoms with Crippen LogP contribution in [0.3, 0.4) is 0 Å². The van der Waals surface area contributed by atoms with E-state index in [1.165, 1.54) is 25.0 Å². The van der Waals surface area contributed by atoms with Crippen LogP contribution < -0.4 is 9.64 Å². The van der Waals surface area contributed by atoms with Gasteiger partial charge in [-0.05, 0) is 43.4 Å². The van der Waals surface area contributed by atoms with Gasteiger partial charge in [-0.15, -0.1) is 4.37 Å². The summed E-state index contributed by atoms with van der Waals surface area (Å²) in [6.07, 6.45) is 4.68. The van der Waals surface area contributed by atoms with E-state index >= 15 is 0 Å². The molecule has 2 heterocycles. The quantitative estimate of drug-likeness (QED) is 0.583. The zero-order valence-corrected chi connectivity index (χ0v) is 14.4.